The van der Waals surface area contributed by atoms with E-state index in [1.807, 2.05) is 0 Å². The van der Waals surface area contributed by atoms with Crippen molar-refractivity contribution >= 4 is 34.7 Å². The molecule has 0 saturated carbocycles. The molecule has 0 saturated heterocycles. The van der Waals surface area contributed by atoms with Crippen molar-refractivity contribution in [1.29, 1.82) is 0 Å². The van der Waals surface area contributed by atoms with E-state index in [9.17, 15) is 68.3 Å². The number of carbonyl (C=O) groups excluding carboxylic acids is 6. The number of hydrogen-bond acceptors (Lipinski definition) is 6. The molecule has 6 nitrogen and oxygen atoms in total. The second-order valence-corrected chi connectivity index (χ2v) is 5.40. The Kier molecular flexibility index (Phi) is 18.9. The average Bonchev–Trinajstić information content (AvgIpc) is 2.43. The summed E-state index contributed by atoms with van der Waals surface area (Å²) >= 11 is 0. The summed E-state index contributed by atoms with van der Waals surface area (Å²) < 4.78 is 102. The monoisotopic (exact) mass is 615 g/mol. The molecule has 0 fully saturated rings. The van der Waals surface area contributed by atoms with E-state index in [4.69, 9.17) is 0 Å². The Morgan fingerprint density at radius 1 is 0.452 bits per heavy atom. The Morgan fingerprint density at radius 3 is 0.613 bits per heavy atom. The van der Waals surface area contributed by atoms with Crippen LogP contribution in [0.1, 0.15) is 40.0 Å². The molecule has 0 aliphatic heterocycles. The molecule has 0 rings (SSSR count). The van der Waals surface area contributed by atoms with E-state index >= 15 is 0 Å². The van der Waals surface area contributed by atoms with Crippen molar-refractivity contribution in [2.45, 2.75) is 58.6 Å². The maximum absolute atomic E-state index is 11.3. The fraction of sp³-hybridized carbons (Fsp3) is 0.600. The van der Waals surface area contributed by atoms with E-state index in [2.05, 4.69) is 0 Å². The first kappa shape index (κ1) is 37.3. The number of ketones is 6. The number of Topliss-reactive ketones (excluding diaryl/α,β-unsaturated/α-hetero) is 6. The minimum Gasteiger partial charge on any atom is -0.300 e. The van der Waals surface area contributed by atoms with Gasteiger partial charge >= 0.3 is 18.5 Å². The number of rotatable bonds is 6. The van der Waals surface area contributed by atoms with E-state index < -0.39 is 72.5 Å². The van der Waals surface area contributed by atoms with Gasteiger partial charge in [0.15, 0.2) is 0 Å². The smallest absolute Gasteiger partial charge is 0.300 e. The summed E-state index contributed by atoms with van der Waals surface area (Å²) in [4.78, 5) is 59.7. The normalized spacial score (nSPS) is 10.8. The van der Waals surface area contributed by atoms with Gasteiger partial charge in [0, 0.05) is 49.4 Å². The second-order valence-electron chi connectivity index (χ2n) is 5.40. The van der Waals surface area contributed by atoms with Crippen LogP contribution in [0.15, 0.2) is 0 Å². The van der Waals surface area contributed by atoms with Gasteiger partial charge in [0.25, 0.3) is 0 Å². The number of alkyl halides is 9. The first-order valence-corrected chi connectivity index (χ1v) is 7.30. The first-order chi connectivity index (χ1) is 13.0. The molecule has 0 unspecified atom stereocenters. The summed E-state index contributed by atoms with van der Waals surface area (Å²) in [5, 5.41) is 0. The summed E-state index contributed by atoms with van der Waals surface area (Å²) in [6.07, 6.45) is -17.8. The van der Waals surface area contributed by atoms with Gasteiger partial charge in [-0.25, -0.2) is 0 Å². The van der Waals surface area contributed by atoms with Gasteiger partial charge in [-0.2, -0.15) is 39.5 Å². The molecule has 0 aromatic heterocycles. The van der Waals surface area contributed by atoms with Crippen molar-refractivity contribution in [1.82, 2.24) is 0 Å². The predicted octanol–water partition coefficient (Wildman–Crippen LogP) is 3.29. The molecule has 1 radical (unpaired) electrons. The minimum atomic E-state index is -4.87. The summed E-state index contributed by atoms with van der Waals surface area (Å²) in [5.74, 6) is -8.29. The fourth-order valence-electron chi connectivity index (χ4n) is 0.979. The molecular formula is C15H15EuF9O6. The van der Waals surface area contributed by atoms with Crippen molar-refractivity contribution in [2.75, 3.05) is 0 Å². The Bertz CT molecular complexity index is 573. The standard InChI is InChI=1S/3C5H5F3O2.Eu/c3*1-3(9)2-4(10)5(6,7)8;/h3*2H2,1H3;. The molecular weight excluding hydrogens is 599 g/mol. The molecule has 31 heavy (non-hydrogen) atoms. The van der Waals surface area contributed by atoms with Crippen molar-refractivity contribution < 1.29 is 118 Å². The van der Waals surface area contributed by atoms with Gasteiger partial charge in [-0.15, -0.1) is 0 Å². The van der Waals surface area contributed by atoms with Crippen molar-refractivity contribution in [3.8, 4) is 0 Å². The van der Waals surface area contributed by atoms with Crippen LogP contribution in [0, 0.1) is 49.4 Å². The zero-order valence-corrected chi connectivity index (χ0v) is 18.3. The van der Waals surface area contributed by atoms with Crippen LogP contribution < -0.4 is 0 Å². The molecule has 0 aromatic carbocycles. The maximum Gasteiger partial charge on any atom is 0.450 e. The summed E-state index contributed by atoms with van der Waals surface area (Å²) in [5.41, 5.74) is 0. The molecule has 0 N–H and O–H groups in total. The van der Waals surface area contributed by atoms with Crippen LogP contribution in [0.2, 0.25) is 0 Å². The topological polar surface area (TPSA) is 102 Å². The zero-order valence-electron chi connectivity index (χ0n) is 15.9. The summed E-state index contributed by atoms with van der Waals surface area (Å²) in [6, 6.07) is 0. The molecule has 0 aromatic rings. The minimum absolute atomic E-state index is 0. The van der Waals surface area contributed by atoms with Gasteiger partial charge < -0.3 is 0 Å². The molecule has 0 amide bonds. The molecule has 0 aliphatic rings. The van der Waals surface area contributed by atoms with Crippen LogP contribution in [0.5, 0.6) is 0 Å². The third-order valence-electron chi connectivity index (χ3n) is 2.18. The Hall–Kier alpha value is -1.03. The van der Waals surface area contributed by atoms with Gasteiger partial charge in [-0.3, -0.25) is 28.8 Å². The predicted molar refractivity (Wildman–Crippen MR) is 79.1 cm³/mol. The van der Waals surface area contributed by atoms with E-state index in [0.29, 0.717) is 0 Å². The first-order valence-electron chi connectivity index (χ1n) is 7.30. The van der Waals surface area contributed by atoms with Gasteiger partial charge in [-0.05, 0) is 20.8 Å². The van der Waals surface area contributed by atoms with E-state index in [0.717, 1.165) is 20.8 Å². The summed E-state index contributed by atoms with van der Waals surface area (Å²) in [7, 11) is 0. The fourth-order valence-corrected chi connectivity index (χ4v) is 0.979. The third-order valence-corrected chi connectivity index (χ3v) is 2.18. The van der Waals surface area contributed by atoms with Crippen molar-refractivity contribution in [3.05, 3.63) is 0 Å². The SMILES string of the molecule is CC(=O)CC(=O)C(F)(F)F.CC(=O)CC(=O)C(F)(F)F.CC(=O)CC(=O)C(F)(F)F.[Eu]. The van der Waals surface area contributed by atoms with Crippen LogP contribution >= 0.6 is 0 Å². The molecule has 0 heterocycles. The number of carbonyl (C=O) groups is 6. The molecule has 0 spiro atoms. The third kappa shape index (κ3) is 25.1. The van der Waals surface area contributed by atoms with E-state index in [-0.39, 0.29) is 49.4 Å². The largest absolute Gasteiger partial charge is 0.450 e. The van der Waals surface area contributed by atoms with E-state index in [1.54, 1.807) is 0 Å². The van der Waals surface area contributed by atoms with Gasteiger partial charge in [0.05, 0.1) is 19.3 Å². The van der Waals surface area contributed by atoms with Gasteiger partial charge in [0.2, 0.25) is 17.3 Å². The Balaban J connectivity index is -0.000000174. The maximum atomic E-state index is 11.3. The second kappa shape index (κ2) is 15.7. The van der Waals surface area contributed by atoms with Crippen molar-refractivity contribution in [2.24, 2.45) is 0 Å². The number of hydrogen-bond donors (Lipinski definition) is 0. The zero-order chi connectivity index (χ0) is 25.1. The van der Waals surface area contributed by atoms with Crippen molar-refractivity contribution in [3.63, 3.8) is 0 Å². The molecule has 16 heteroatoms. The summed E-state index contributed by atoms with van der Waals surface area (Å²) in [6.45, 7) is 2.80. The van der Waals surface area contributed by atoms with Gasteiger partial charge in [-0.1, -0.05) is 0 Å². The molecule has 0 atom stereocenters. The van der Waals surface area contributed by atoms with Crippen LogP contribution in [0.25, 0.3) is 0 Å². The van der Waals surface area contributed by atoms with E-state index in [1.165, 1.54) is 0 Å². The molecule has 0 aliphatic carbocycles. The average molecular weight is 614 g/mol. The molecule has 181 valence electrons. The van der Waals surface area contributed by atoms with Gasteiger partial charge in [0.1, 0.15) is 17.3 Å². The van der Waals surface area contributed by atoms with Crippen LogP contribution in [-0.4, -0.2) is 53.2 Å². The Morgan fingerprint density at radius 2 is 0.581 bits per heavy atom. The molecule has 0 bridgehead atoms. The number of halogens is 9. The Labute approximate surface area is 209 Å². The van der Waals surface area contributed by atoms with Crippen LogP contribution in [0.3, 0.4) is 0 Å². The van der Waals surface area contributed by atoms with Crippen LogP contribution in [0.4, 0.5) is 39.5 Å². The quantitative estimate of drug-likeness (QED) is 0.337. The van der Waals surface area contributed by atoms with Crippen LogP contribution in [-0.2, 0) is 28.8 Å².